The number of amides is 1. The minimum atomic E-state index is -3.52. The van der Waals surface area contributed by atoms with Gasteiger partial charge in [0.15, 0.2) is 0 Å². The zero-order chi connectivity index (χ0) is 23.5. The smallest absolute Gasteiger partial charge is 0.224 e. The van der Waals surface area contributed by atoms with E-state index in [4.69, 9.17) is 11.6 Å². The standard InChI is InChI=1S/C23H29ClFN3O3S/c1-16-14-28(17(2)13-27(16)15-18-4-10-21(25)11-5-18)23(29)12-22(26-32(3,30)31)19-6-8-20(24)9-7-19/h4-11,16-17,22,26H,12-15H2,1-3H3/t16-,17+,22?/m1/s1. The second kappa shape index (κ2) is 10.3. The number of nitrogens with one attached hydrogen (secondary N) is 1. The van der Waals surface area contributed by atoms with Gasteiger partial charge in [0.2, 0.25) is 15.9 Å². The summed E-state index contributed by atoms with van der Waals surface area (Å²) >= 11 is 5.95. The number of benzene rings is 2. The summed E-state index contributed by atoms with van der Waals surface area (Å²) in [5.41, 5.74) is 1.70. The lowest BCUT2D eigenvalue weighted by molar-refractivity contribution is -0.137. The van der Waals surface area contributed by atoms with Crippen LogP contribution in [0.15, 0.2) is 48.5 Å². The molecular formula is C23H29ClFN3O3S. The molecule has 1 saturated heterocycles. The maximum Gasteiger partial charge on any atom is 0.224 e. The molecule has 0 aliphatic carbocycles. The van der Waals surface area contributed by atoms with E-state index in [9.17, 15) is 17.6 Å². The molecule has 174 valence electrons. The van der Waals surface area contributed by atoms with Crippen molar-refractivity contribution in [3.63, 3.8) is 0 Å². The molecule has 3 atom stereocenters. The Morgan fingerprint density at radius 3 is 2.31 bits per heavy atom. The molecule has 1 aliphatic heterocycles. The summed E-state index contributed by atoms with van der Waals surface area (Å²) in [5.74, 6) is -0.370. The van der Waals surface area contributed by atoms with Crippen molar-refractivity contribution in [1.29, 1.82) is 0 Å². The molecule has 32 heavy (non-hydrogen) atoms. The van der Waals surface area contributed by atoms with Crippen LogP contribution in [0.3, 0.4) is 0 Å². The molecule has 1 fully saturated rings. The minimum absolute atomic E-state index is 0.0176. The number of hydrogen-bond acceptors (Lipinski definition) is 4. The molecule has 1 aliphatic rings. The molecule has 9 heteroatoms. The molecule has 1 unspecified atom stereocenters. The Kier molecular flexibility index (Phi) is 7.92. The normalized spacial score (nSPS) is 20.8. The highest BCUT2D eigenvalue weighted by Crippen LogP contribution is 2.24. The van der Waals surface area contributed by atoms with Crippen LogP contribution in [0.25, 0.3) is 0 Å². The number of carbonyl (C=O) groups is 1. The van der Waals surface area contributed by atoms with Gasteiger partial charge in [-0.1, -0.05) is 35.9 Å². The predicted molar refractivity (Wildman–Crippen MR) is 124 cm³/mol. The summed E-state index contributed by atoms with van der Waals surface area (Å²) in [6.07, 6.45) is 1.10. The number of nitrogens with zero attached hydrogens (tertiary/aromatic N) is 2. The van der Waals surface area contributed by atoms with Gasteiger partial charge in [0.1, 0.15) is 5.82 Å². The first-order valence-corrected chi connectivity index (χ1v) is 12.8. The van der Waals surface area contributed by atoms with Crippen LogP contribution in [0.4, 0.5) is 4.39 Å². The number of rotatable bonds is 7. The molecule has 2 aromatic carbocycles. The highest BCUT2D eigenvalue weighted by atomic mass is 35.5. The van der Waals surface area contributed by atoms with Crippen molar-refractivity contribution in [2.45, 2.75) is 44.9 Å². The fourth-order valence-corrected chi connectivity index (χ4v) is 4.93. The van der Waals surface area contributed by atoms with Crippen molar-refractivity contribution in [2.24, 2.45) is 0 Å². The van der Waals surface area contributed by atoms with E-state index in [0.29, 0.717) is 30.2 Å². The Morgan fingerprint density at radius 2 is 1.72 bits per heavy atom. The van der Waals surface area contributed by atoms with E-state index >= 15 is 0 Å². The zero-order valence-electron chi connectivity index (χ0n) is 18.5. The SMILES string of the molecule is C[C@@H]1CN(C(=O)CC(NS(C)(=O)=O)c2ccc(Cl)cc2)[C@@H](C)CN1Cc1ccc(F)cc1. The molecule has 0 aromatic heterocycles. The first-order valence-electron chi connectivity index (χ1n) is 10.5. The zero-order valence-corrected chi connectivity index (χ0v) is 20.0. The van der Waals surface area contributed by atoms with Crippen molar-refractivity contribution in [3.05, 3.63) is 70.5 Å². The number of piperazine rings is 1. The van der Waals surface area contributed by atoms with Gasteiger partial charge >= 0.3 is 0 Å². The second-order valence-corrected chi connectivity index (χ2v) is 10.7. The minimum Gasteiger partial charge on any atom is -0.337 e. The van der Waals surface area contributed by atoms with Gasteiger partial charge < -0.3 is 4.90 Å². The van der Waals surface area contributed by atoms with Crippen molar-refractivity contribution in [1.82, 2.24) is 14.5 Å². The van der Waals surface area contributed by atoms with Crippen LogP contribution in [0.1, 0.15) is 37.4 Å². The van der Waals surface area contributed by atoms with Gasteiger partial charge in [-0.15, -0.1) is 0 Å². The molecule has 0 spiro atoms. The van der Waals surface area contributed by atoms with E-state index in [1.807, 2.05) is 11.8 Å². The molecule has 0 radical (unpaired) electrons. The van der Waals surface area contributed by atoms with Gasteiger partial charge in [0, 0.05) is 43.2 Å². The maximum absolute atomic E-state index is 13.2. The third kappa shape index (κ3) is 6.75. The quantitative estimate of drug-likeness (QED) is 0.656. The van der Waals surface area contributed by atoms with Gasteiger partial charge in [0.05, 0.1) is 12.3 Å². The Bertz CT molecular complexity index is 1030. The van der Waals surface area contributed by atoms with Crippen LogP contribution < -0.4 is 4.72 Å². The molecule has 0 bridgehead atoms. The molecule has 1 N–H and O–H groups in total. The van der Waals surface area contributed by atoms with Crippen molar-refractivity contribution >= 4 is 27.5 Å². The average molecular weight is 482 g/mol. The number of halogens is 2. The van der Waals surface area contributed by atoms with E-state index in [0.717, 1.165) is 11.8 Å². The van der Waals surface area contributed by atoms with E-state index in [-0.39, 0.29) is 30.2 Å². The second-order valence-electron chi connectivity index (χ2n) is 8.50. The van der Waals surface area contributed by atoms with Crippen LogP contribution in [-0.4, -0.2) is 55.6 Å². The van der Waals surface area contributed by atoms with Crippen LogP contribution in [0.5, 0.6) is 0 Å². The average Bonchev–Trinajstić information content (AvgIpc) is 2.71. The van der Waals surface area contributed by atoms with Crippen LogP contribution in [0.2, 0.25) is 5.02 Å². The summed E-state index contributed by atoms with van der Waals surface area (Å²) < 4.78 is 39.6. The third-order valence-corrected chi connectivity index (χ3v) is 6.71. The Balaban J connectivity index is 1.69. The summed E-state index contributed by atoms with van der Waals surface area (Å²) in [5, 5.41) is 0.540. The third-order valence-electron chi connectivity index (χ3n) is 5.74. The Labute approximate surface area is 194 Å². The molecular weight excluding hydrogens is 453 g/mol. The number of carbonyl (C=O) groups excluding carboxylic acids is 1. The van der Waals surface area contributed by atoms with E-state index in [2.05, 4.69) is 16.5 Å². The summed E-state index contributed by atoms with van der Waals surface area (Å²) in [4.78, 5) is 17.3. The summed E-state index contributed by atoms with van der Waals surface area (Å²) in [6.45, 7) is 5.93. The van der Waals surface area contributed by atoms with Gasteiger partial charge in [0.25, 0.3) is 0 Å². The van der Waals surface area contributed by atoms with Gasteiger partial charge in [-0.3, -0.25) is 9.69 Å². The molecule has 1 heterocycles. The van der Waals surface area contributed by atoms with E-state index in [1.165, 1.54) is 12.1 Å². The van der Waals surface area contributed by atoms with Crippen molar-refractivity contribution in [2.75, 3.05) is 19.3 Å². The molecule has 0 saturated carbocycles. The molecule has 6 nitrogen and oxygen atoms in total. The van der Waals surface area contributed by atoms with Gasteiger partial charge in [-0.2, -0.15) is 0 Å². The van der Waals surface area contributed by atoms with Crippen molar-refractivity contribution < 1.29 is 17.6 Å². The molecule has 3 rings (SSSR count). The summed E-state index contributed by atoms with van der Waals surface area (Å²) in [6, 6.07) is 12.7. The highest BCUT2D eigenvalue weighted by molar-refractivity contribution is 7.88. The monoisotopic (exact) mass is 481 g/mol. The number of sulfonamides is 1. The van der Waals surface area contributed by atoms with Gasteiger partial charge in [-0.25, -0.2) is 17.5 Å². The van der Waals surface area contributed by atoms with Crippen LogP contribution in [0, 0.1) is 5.82 Å². The van der Waals surface area contributed by atoms with Crippen LogP contribution >= 0.6 is 11.6 Å². The Morgan fingerprint density at radius 1 is 1.09 bits per heavy atom. The topological polar surface area (TPSA) is 69.7 Å². The summed E-state index contributed by atoms with van der Waals surface area (Å²) in [7, 11) is -3.52. The first kappa shape index (κ1) is 24.6. The fourth-order valence-electron chi connectivity index (χ4n) is 4.06. The Hall–Kier alpha value is -2.00. The lowest BCUT2D eigenvalue weighted by Gasteiger charge is -2.44. The highest BCUT2D eigenvalue weighted by Gasteiger charge is 2.33. The van der Waals surface area contributed by atoms with E-state index < -0.39 is 16.1 Å². The lowest BCUT2D eigenvalue weighted by Crippen LogP contribution is -2.58. The maximum atomic E-state index is 13.2. The van der Waals surface area contributed by atoms with E-state index in [1.54, 1.807) is 36.4 Å². The fraction of sp³-hybridized carbons (Fsp3) is 0.435. The van der Waals surface area contributed by atoms with Crippen LogP contribution in [-0.2, 0) is 21.4 Å². The van der Waals surface area contributed by atoms with Gasteiger partial charge in [-0.05, 0) is 49.2 Å². The lowest BCUT2D eigenvalue weighted by atomic mass is 10.0. The number of hydrogen-bond donors (Lipinski definition) is 1. The van der Waals surface area contributed by atoms with Crippen molar-refractivity contribution in [3.8, 4) is 0 Å². The first-order chi connectivity index (χ1) is 15.0. The molecule has 2 aromatic rings. The molecule has 1 amide bonds. The largest absolute Gasteiger partial charge is 0.337 e. The predicted octanol–water partition coefficient (Wildman–Crippen LogP) is 3.58.